The zero-order valence-corrected chi connectivity index (χ0v) is 9.61. The first-order valence-electron chi connectivity index (χ1n) is 6.26. The van der Waals surface area contributed by atoms with Crippen molar-refractivity contribution in [3.05, 3.63) is 11.6 Å². The minimum atomic E-state index is -0.791. The highest BCUT2D eigenvalue weighted by atomic mass is 16.4. The summed E-state index contributed by atoms with van der Waals surface area (Å²) in [5.41, 5.74) is 0.310. The van der Waals surface area contributed by atoms with Crippen molar-refractivity contribution in [3.8, 4) is 0 Å². The van der Waals surface area contributed by atoms with Crippen LogP contribution in [0.15, 0.2) is 11.6 Å². The smallest absolute Gasteiger partial charge is 0.306 e. The number of hydrogen-bond donors (Lipinski definition) is 2. The molecule has 0 bridgehead atoms. The average molecular weight is 224 g/mol. The molecule has 0 unspecified atom stereocenters. The molecule has 2 aliphatic rings. The summed E-state index contributed by atoms with van der Waals surface area (Å²) < 4.78 is 0. The Balaban J connectivity index is 1.98. The highest BCUT2D eigenvalue weighted by Gasteiger charge is 2.48. The maximum Gasteiger partial charge on any atom is 0.306 e. The Kier molecular flexibility index (Phi) is 3.33. The van der Waals surface area contributed by atoms with E-state index in [-0.39, 0.29) is 5.92 Å². The van der Waals surface area contributed by atoms with Crippen LogP contribution in [0.5, 0.6) is 0 Å². The van der Waals surface area contributed by atoms with Gasteiger partial charge in [-0.1, -0.05) is 18.9 Å². The third-order valence-corrected chi connectivity index (χ3v) is 3.91. The first kappa shape index (κ1) is 11.6. The minimum Gasteiger partial charge on any atom is -0.481 e. The van der Waals surface area contributed by atoms with Gasteiger partial charge in [-0.25, -0.2) is 0 Å². The molecule has 2 N–H and O–H groups in total. The molecule has 0 amide bonds. The number of carboxylic acid groups (broad SMARTS) is 1. The molecule has 1 fully saturated rings. The lowest BCUT2D eigenvalue weighted by Crippen LogP contribution is -2.48. The van der Waals surface area contributed by atoms with Crippen LogP contribution in [0.4, 0.5) is 0 Å². The Labute approximate surface area is 96.2 Å². The van der Waals surface area contributed by atoms with Crippen LogP contribution < -0.4 is 0 Å². The van der Waals surface area contributed by atoms with E-state index in [1.807, 2.05) is 0 Å². The molecule has 0 atom stereocenters. The van der Waals surface area contributed by atoms with E-state index in [9.17, 15) is 9.90 Å². The lowest BCUT2D eigenvalue weighted by molar-refractivity contribution is -0.154. The van der Waals surface area contributed by atoms with Crippen LogP contribution in [0.1, 0.15) is 51.4 Å². The van der Waals surface area contributed by atoms with Crippen molar-refractivity contribution in [1.82, 2.24) is 0 Å². The van der Waals surface area contributed by atoms with E-state index in [2.05, 4.69) is 6.08 Å². The predicted molar refractivity (Wildman–Crippen MR) is 61.1 cm³/mol. The van der Waals surface area contributed by atoms with Crippen LogP contribution in [0.3, 0.4) is 0 Å². The highest BCUT2D eigenvalue weighted by molar-refractivity contribution is 5.72. The van der Waals surface area contributed by atoms with E-state index in [4.69, 9.17) is 5.11 Å². The van der Waals surface area contributed by atoms with Crippen molar-refractivity contribution < 1.29 is 15.0 Å². The van der Waals surface area contributed by atoms with Crippen molar-refractivity contribution >= 4 is 5.97 Å². The van der Waals surface area contributed by atoms with Crippen molar-refractivity contribution in [2.24, 2.45) is 5.92 Å². The van der Waals surface area contributed by atoms with E-state index in [0.29, 0.717) is 12.8 Å². The molecule has 0 aromatic rings. The number of carbonyl (C=O) groups is 1. The Morgan fingerprint density at radius 3 is 2.62 bits per heavy atom. The van der Waals surface area contributed by atoms with Crippen LogP contribution in [0, 0.1) is 5.92 Å². The molecule has 3 heteroatoms. The second-order valence-corrected chi connectivity index (χ2v) is 5.16. The fraction of sp³-hybridized carbons (Fsp3) is 0.769. The van der Waals surface area contributed by atoms with E-state index >= 15 is 0 Å². The van der Waals surface area contributed by atoms with E-state index in [1.165, 1.54) is 19.3 Å². The molecular formula is C13H20O3. The molecule has 0 aliphatic heterocycles. The van der Waals surface area contributed by atoms with Crippen molar-refractivity contribution in [2.45, 2.75) is 57.0 Å². The summed E-state index contributed by atoms with van der Waals surface area (Å²) in [6.45, 7) is 0. The summed E-state index contributed by atoms with van der Waals surface area (Å²) in [6, 6.07) is 0. The molecular weight excluding hydrogens is 204 g/mol. The number of hydrogen-bond acceptors (Lipinski definition) is 2. The first-order valence-corrected chi connectivity index (χ1v) is 6.26. The van der Waals surface area contributed by atoms with E-state index < -0.39 is 11.6 Å². The lowest BCUT2D eigenvalue weighted by Gasteiger charge is -2.44. The molecule has 0 heterocycles. The van der Waals surface area contributed by atoms with Crippen molar-refractivity contribution in [2.75, 3.05) is 0 Å². The van der Waals surface area contributed by atoms with Crippen LogP contribution in [0.25, 0.3) is 0 Å². The number of aliphatic carboxylic acids is 1. The second-order valence-electron chi connectivity index (χ2n) is 5.16. The SMILES string of the molecule is O=C(O)C1CC(O)(C2=CCCCCCC2)C1. The monoisotopic (exact) mass is 224 g/mol. The molecule has 0 saturated heterocycles. The summed E-state index contributed by atoms with van der Waals surface area (Å²) in [7, 11) is 0. The van der Waals surface area contributed by atoms with Gasteiger partial charge in [0.1, 0.15) is 0 Å². The van der Waals surface area contributed by atoms with Crippen LogP contribution in [-0.4, -0.2) is 21.8 Å². The van der Waals surface area contributed by atoms with Crippen LogP contribution >= 0.6 is 0 Å². The van der Waals surface area contributed by atoms with Gasteiger partial charge >= 0.3 is 5.97 Å². The molecule has 0 spiro atoms. The second kappa shape index (κ2) is 4.58. The molecule has 2 aliphatic carbocycles. The van der Waals surface area contributed by atoms with Gasteiger partial charge in [0, 0.05) is 0 Å². The fourth-order valence-corrected chi connectivity index (χ4v) is 2.81. The van der Waals surface area contributed by atoms with Gasteiger partial charge in [-0.05, 0) is 44.1 Å². The van der Waals surface area contributed by atoms with Crippen molar-refractivity contribution in [1.29, 1.82) is 0 Å². The van der Waals surface area contributed by atoms with Gasteiger partial charge in [0.2, 0.25) is 0 Å². The molecule has 2 rings (SSSR count). The lowest BCUT2D eigenvalue weighted by atomic mass is 9.65. The average Bonchev–Trinajstić information content (AvgIpc) is 2.12. The quantitative estimate of drug-likeness (QED) is 0.708. The molecule has 3 nitrogen and oxygen atoms in total. The zero-order chi connectivity index (χ0) is 11.6. The van der Waals surface area contributed by atoms with Crippen molar-refractivity contribution in [3.63, 3.8) is 0 Å². The maximum atomic E-state index is 10.7. The third-order valence-electron chi connectivity index (χ3n) is 3.91. The Hall–Kier alpha value is -0.830. The topological polar surface area (TPSA) is 57.5 Å². The Morgan fingerprint density at radius 2 is 1.94 bits per heavy atom. The molecule has 1 saturated carbocycles. The number of aliphatic hydroxyl groups is 1. The molecule has 90 valence electrons. The standard InChI is InChI=1S/C13H20O3/c14-12(15)10-8-13(16,9-10)11-6-4-2-1-3-5-7-11/h6,10,16H,1-5,7-9H2,(H,14,15). The summed E-state index contributed by atoms with van der Waals surface area (Å²) >= 11 is 0. The Morgan fingerprint density at radius 1 is 1.25 bits per heavy atom. The van der Waals surface area contributed by atoms with E-state index in [0.717, 1.165) is 24.8 Å². The molecule has 0 radical (unpaired) electrons. The van der Waals surface area contributed by atoms with Gasteiger partial charge in [-0.2, -0.15) is 0 Å². The summed E-state index contributed by atoms with van der Waals surface area (Å²) in [5, 5.41) is 19.2. The van der Waals surface area contributed by atoms with Gasteiger partial charge in [-0.3, -0.25) is 4.79 Å². The number of allylic oxidation sites excluding steroid dienone is 1. The van der Waals surface area contributed by atoms with E-state index in [1.54, 1.807) is 0 Å². The number of carboxylic acids is 1. The maximum absolute atomic E-state index is 10.7. The van der Waals surface area contributed by atoms with Gasteiger partial charge in [-0.15, -0.1) is 0 Å². The van der Waals surface area contributed by atoms with Gasteiger partial charge < -0.3 is 10.2 Å². The summed E-state index contributed by atoms with van der Waals surface area (Å²) in [6.07, 6.45) is 9.79. The molecule has 0 aromatic carbocycles. The molecule has 16 heavy (non-hydrogen) atoms. The first-order chi connectivity index (χ1) is 7.62. The van der Waals surface area contributed by atoms with Gasteiger partial charge in [0.05, 0.1) is 11.5 Å². The summed E-state index contributed by atoms with van der Waals surface area (Å²) in [4.78, 5) is 10.7. The Bertz CT molecular complexity index is 300. The number of rotatable bonds is 2. The highest BCUT2D eigenvalue weighted by Crippen LogP contribution is 2.45. The zero-order valence-electron chi connectivity index (χ0n) is 9.61. The third kappa shape index (κ3) is 2.29. The molecule has 0 aromatic heterocycles. The minimum absolute atomic E-state index is 0.337. The van der Waals surface area contributed by atoms with Gasteiger partial charge in [0.25, 0.3) is 0 Å². The summed E-state index contributed by atoms with van der Waals surface area (Å²) in [5.74, 6) is -1.10. The van der Waals surface area contributed by atoms with Crippen LogP contribution in [-0.2, 0) is 4.79 Å². The largest absolute Gasteiger partial charge is 0.481 e. The van der Waals surface area contributed by atoms with Crippen LogP contribution in [0.2, 0.25) is 0 Å². The normalized spacial score (nSPS) is 35.6. The predicted octanol–water partition coefficient (Wildman–Crippen LogP) is 2.49. The fourth-order valence-electron chi connectivity index (χ4n) is 2.81. The van der Waals surface area contributed by atoms with Gasteiger partial charge in [0.15, 0.2) is 0 Å².